The van der Waals surface area contributed by atoms with Crippen LogP contribution in [0.25, 0.3) is 0 Å². The van der Waals surface area contributed by atoms with Crippen LogP contribution in [0.3, 0.4) is 0 Å². The molecule has 23 heavy (non-hydrogen) atoms. The van der Waals surface area contributed by atoms with E-state index in [9.17, 15) is 9.59 Å². The van der Waals surface area contributed by atoms with Crippen molar-refractivity contribution in [2.75, 3.05) is 11.4 Å². The Bertz CT molecular complexity index is 682. The Hall–Kier alpha value is -2.10. The molecule has 2 bridgehead atoms. The first kappa shape index (κ1) is 14.5. The second-order valence-electron chi connectivity index (χ2n) is 6.99. The van der Waals surface area contributed by atoms with Crippen molar-refractivity contribution in [2.45, 2.75) is 32.2 Å². The van der Waals surface area contributed by atoms with Gasteiger partial charge in [0.25, 0.3) is 0 Å². The van der Waals surface area contributed by atoms with Gasteiger partial charge in [0.2, 0.25) is 11.8 Å². The fourth-order valence-corrected chi connectivity index (χ4v) is 4.27. The van der Waals surface area contributed by atoms with E-state index < -0.39 is 6.04 Å². The summed E-state index contributed by atoms with van der Waals surface area (Å²) >= 11 is 0. The van der Waals surface area contributed by atoms with E-state index in [2.05, 4.69) is 23.5 Å². The Kier molecular flexibility index (Phi) is 3.47. The van der Waals surface area contributed by atoms with E-state index >= 15 is 0 Å². The third kappa shape index (κ3) is 2.46. The van der Waals surface area contributed by atoms with Crippen LogP contribution in [0.15, 0.2) is 36.4 Å². The van der Waals surface area contributed by atoms with Crippen molar-refractivity contribution in [1.29, 1.82) is 0 Å². The molecule has 3 aliphatic rings. The van der Waals surface area contributed by atoms with Crippen LogP contribution in [0.5, 0.6) is 0 Å². The Labute approximate surface area is 136 Å². The Morgan fingerprint density at radius 1 is 1.22 bits per heavy atom. The lowest BCUT2D eigenvalue weighted by Crippen LogP contribution is -2.48. The Balaban J connectivity index is 1.41. The molecule has 1 heterocycles. The second-order valence-corrected chi connectivity index (χ2v) is 6.99. The zero-order chi connectivity index (χ0) is 16.0. The number of nitrogens with zero attached hydrogens (tertiary/aromatic N) is 1. The smallest absolute Gasteiger partial charge is 0.249 e. The van der Waals surface area contributed by atoms with Crippen LogP contribution in [0, 0.1) is 17.8 Å². The number of nitrogens with one attached hydrogen (secondary N) is 1. The summed E-state index contributed by atoms with van der Waals surface area (Å²) in [5, 5.41) is 2.95. The molecule has 120 valence electrons. The highest BCUT2D eigenvalue weighted by molar-refractivity contribution is 6.00. The van der Waals surface area contributed by atoms with Crippen LogP contribution < -0.4 is 10.2 Å². The molecule has 4 rings (SSSR count). The molecular weight excluding hydrogens is 288 g/mol. The van der Waals surface area contributed by atoms with Gasteiger partial charge >= 0.3 is 0 Å². The van der Waals surface area contributed by atoms with E-state index in [1.165, 1.54) is 5.56 Å². The fraction of sp³-hybridized carbons (Fsp3) is 0.474. The van der Waals surface area contributed by atoms with Gasteiger partial charge in [-0.15, -0.1) is 0 Å². The van der Waals surface area contributed by atoms with Crippen LogP contribution in [0.1, 0.15) is 25.3 Å². The van der Waals surface area contributed by atoms with E-state index in [-0.39, 0.29) is 17.7 Å². The number of hydrogen-bond acceptors (Lipinski definition) is 2. The number of anilines is 1. The Morgan fingerprint density at radius 3 is 2.78 bits per heavy atom. The molecular formula is C19H22N2O2. The molecule has 4 nitrogen and oxygen atoms in total. The summed E-state index contributed by atoms with van der Waals surface area (Å²) < 4.78 is 0. The lowest BCUT2D eigenvalue weighted by Gasteiger charge is -2.25. The highest BCUT2D eigenvalue weighted by Crippen LogP contribution is 2.43. The number of fused-ring (bicyclic) bond motifs is 3. The quantitative estimate of drug-likeness (QED) is 0.871. The summed E-state index contributed by atoms with van der Waals surface area (Å²) in [6.07, 6.45) is 7.31. The molecule has 4 heteroatoms. The van der Waals surface area contributed by atoms with Crippen molar-refractivity contribution in [3.8, 4) is 0 Å². The van der Waals surface area contributed by atoms with E-state index in [1.54, 1.807) is 11.8 Å². The molecule has 0 unspecified atom stereocenters. The topological polar surface area (TPSA) is 49.4 Å². The van der Waals surface area contributed by atoms with Crippen LogP contribution >= 0.6 is 0 Å². The molecule has 4 atom stereocenters. The minimum atomic E-state index is -0.475. The van der Waals surface area contributed by atoms with Crippen LogP contribution in [-0.4, -0.2) is 24.4 Å². The van der Waals surface area contributed by atoms with Crippen molar-refractivity contribution >= 4 is 17.5 Å². The summed E-state index contributed by atoms with van der Waals surface area (Å²) in [5.74, 6) is 1.00. The van der Waals surface area contributed by atoms with Gasteiger partial charge in [0.1, 0.15) is 6.04 Å². The molecule has 1 saturated carbocycles. The van der Waals surface area contributed by atoms with Gasteiger partial charge in [0.05, 0.1) is 0 Å². The van der Waals surface area contributed by atoms with E-state index in [4.69, 9.17) is 0 Å². The number of carbonyl (C=O) groups is 2. The molecule has 1 aromatic carbocycles. The van der Waals surface area contributed by atoms with Crippen LogP contribution in [0.2, 0.25) is 0 Å². The first-order valence-electron chi connectivity index (χ1n) is 8.51. The van der Waals surface area contributed by atoms with Gasteiger partial charge in [0.15, 0.2) is 0 Å². The number of amides is 2. The highest BCUT2D eigenvalue weighted by atomic mass is 16.2. The number of allylic oxidation sites excluding steroid dienone is 2. The van der Waals surface area contributed by atoms with Gasteiger partial charge in [-0.1, -0.05) is 30.4 Å². The third-order valence-electron chi connectivity index (χ3n) is 5.50. The molecule has 1 N–H and O–H groups in total. The van der Waals surface area contributed by atoms with Gasteiger partial charge in [-0.2, -0.15) is 0 Å². The molecule has 0 radical (unpaired) electrons. The van der Waals surface area contributed by atoms with Gasteiger partial charge in [-0.3, -0.25) is 9.59 Å². The number of hydrogen-bond donors (Lipinski definition) is 1. The van der Waals surface area contributed by atoms with Gasteiger partial charge < -0.3 is 10.2 Å². The third-order valence-corrected chi connectivity index (χ3v) is 5.50. The molecule has 2 amide bonds. The standard InChI is InChI=1S/C19H22N2O2/c1-12(20-18(22)16-11-13-6-7-15(16)10-13)19(23)21-9-8-14-4-2-3-5-17(14)21/h2-7,12-13,15-16H,8-11H2,1H3,(H,20,22)/t12-,13+,15+,16+/m1/s1. The average Bonchev–Trinajstić information content (AvgIpc) is 3.28. The Morgan fingerprint density at radius 2 is 2.04 bits per heavy atom. The SMILES string of the molecule is C[C@@H](NC(=O)[C@H]1C[C@H]2C=C[C@H]1C2)C(=O)N1CCc2ccccc21. The van der Waals surface area contributed by atoms with Crippen molar-refractivity contribution in [2.24, 2.45) is 17.8 Å². The molecule has 1 fully saturated rings. The van der Waals surface area contributed by atoms with Crippen molar-refractivity contribution < 1.29 is 9.59 Å². The minimum absolute atomic E-state index is 0.0120. The summed E-state index contributed by atoms with van der Waals surface area (Å²) in [6, 6.07) is 7.52. The van der Waals surface area contributed by atoms with Crippen molar-refractivity contribution in [3.63, 3.8) is 0 Å². The van der Waals surface area contributed by atoms with Gasteiger partial charge in [0, 0.05) is 18.2 Å². The van der Waals surface area contributed by atoms with Crippen LogP contribution in [0.4, 0.5) is 5.69 Å². The predicted molar refractivity (Wildman–Crippen MR) is 88.9 cm³/mol. The number of rotatable bonds is 3. The molecule has 0 saturated heterocycles. The van der Waals surface area contributed by atoms with E-state index in [0.29, 0.717) is 18.4 Å². The largest absolute Gasteiger partial charge is 0.344 e. The highest BCUT2D eigenvalue weighted by Gasteiger charge is 2.40. The van der Waals surface area contributed by atoms with Gasteiger partial charge in [-0.05, 0) is 49.7 Å². The van der Waals surface area contributed by atoms with E-state index in [0.717, 1.165) is 24.9 Å². The molecule has 1 aromatic rings. The summed E-state index contributed by atoms with van der Waals surface area (Å²) in [4.78, 5) is 27.0. The van der Waals surface area contributed by atoms with E-state index in [1.807, 2.05) is 18.2 Å². The average molecular weight is 310 g/mol. The maximum Gasteiger partial charge on any atom is 0.249 e. The maximum absolute atomic E-state index is 12.7. The predicted octanol–water partition coefficient (Wildman–Crippen LogP) is 2.29. The van der Waals surface area contributed by atoms with Crippen LogP contribution in [-0.2, 0) is 16.0 Å². The number of carbonyl (C=O) groups excluding carboxylic acids is 2. The number of para-hydroxylation sites is 1. The second kappa shape index (κ2) is 5.52. The minimum Gasteiger partial charge on any atom is -0.344 e. The van der Waals surface area contributed by atoms with Gasteiger partial charge in [-0.25, -0.2) is 0 Å². The molecule has 2 aliphatic carbocycles. The zero-order valence-corrected chi connectivity index (χ0v) is 13.4. The lowest BCUT2D eigenvalue weighted by atomic mass is 9.92. The maximum atomic E-state index is 12.7. The normalized spacial score (nSPS) is 28.7. The van der Waals surface area contributed by atoms with Crippen molar-refractivity contribution in [1.82, 2.24) is 5.32 Å². The fourth-order valence-electron chi connectivity index (χ4n) is 4.27. The first-order chi connectivity index (χ1) is 11.1. The molecule has 0 spiro atoms. The lowest BCUT2D eigenvalue weighted by molar-refractivity contribution is -0.130. The molecule has 0 aromatic heterocycles. The van der Waals surface area contributed by atoms with Crippen molar-refractivity contribution in [3.05, 3.63) is 42.0 Å². The zero-order valence-electron chi connectivity index (χ0n) is 13.4. The number of benzene rings is 1. The summed E-state index contributed by atoms with van der Waals surface area (Å²) in [7, 11) is 0. The summed E-state index contributed by atoms with van der Waals surface area (Å²) in [5.41, 5.74) is 2.19. The monoisotopic (exact) mass is 310 g/mol. The molecule has 1 aliphatic heterocycles. The first-order valence-corrected chi connectivity index (χ1v) is 8.51. The summed E-state index contributed by atoms with van der Waals surface area (Å²) in [6.45, 7) is 2.50.